The van der Waals surface area contributed by atoms with E-state index in [0.717, 1.165) is 53.9 Å². The van der Waals surface area contributed by atoms with Gasteiger partial charge in [-0.05, 0) is 24.6 Å². The van der Waals surface area contributed by atoms with Crippen LogP contribution < -0.4 is 10.6 Å². The molecule has 2 fully saturated rings. The van der Waals surface area contributed by atoms with Gasteiger partial charge in [0, 0.05) is 51.0 Å². The van der Waals surface area contributed by atoms with Crippen LogP contribution in [0.5, 0.6) is 0 Å². The number of carbonyl (C=O) groups excluding carboxylic acids is 1. The largest absolute Gasteiger partial charge is 0.379 e. The predicted molar refractivity (Wildman–Crippen MR) is 128 cm³/mol. The molecule has 1 atom stereocenters. The second kappa shape index (κ2) is 9.77. The number of aromatic nitrogens is 4. The zero-order valence-corrected chi connectivity index (χ0v) is 19.1. The Bertz CT molecular complexity index is 1110. The average molecular weight is 467 g/mol. The maximum absolute atomic E-state index is 11.9. The van der Waals surface area contributed by atoms with Crippen molar-refractivity contribution in [2.45, 2.75) is 19.0 Å². The first-order valence-corrected chi connectivity index (χ1v) is 11.8. The van der Waals surface area contributed by atoms with E-state index >= 15 is 0 Å². The molecule has 1 amide bonds. The molecule has 172 valence electrons. The zero-order valence-electron chi connectivity index (χ0n) is 18.2. The topological polar surface area (TPSA) is 108 Å². The van der Waals surface area contributed by atoms with Crippen molar-refractivity contribution in [3.63, 3.8) is 0 Å². The number of amides is 1. The fourth-order valence-electron chi connectivity index (χ4n) is 4.02. The van der Waals surface area contributed by atoms with Gasteiger partial charge < -0.3 is 20.3 Å². The number of fused-ring (bicyclic) bond motifs is 1. The summed E-state index contributed by atoms with van der Waals surface area (Å²) in [7, 11) is 0. The van der Waals surface area contributed by atoms with Crippen LogP contribution in [0.15, 0.2) is 37.1 Å². The quantitative estimate of drug-likeness (QED) is 0.507. The molecule has 0 saturated carbocycles. The van der Waals surface area contributed by atoms with Crippen molar-refractivity contribution >= 4 is 44.5 Å². The van der Waals surface area contributed by atoms with Crippen molar-refractivity contribution in [1.29, 1.82) is 0 Å². The van der Waals surface area contributed by atoms with Crippen LogP contribution in [0.1, 0.15) is 12.1 Å². The Morgan fingerprint density at radius 2 is 2.15 bits per heavy atom. The van der Waals surface area contributed by atoms with Crippen LogP contribution in [0.3, 0.4) is 0 Å². The van der Waals surface area contributed by atoms with Crippen LogP contribution in [0.2, 0.25) is 0 Å². The summed E-state index contributed by atoms with van der Waals surface area (Å²) in [5, 5.41) is 7.48. The predicted octanol–water partition coefficient (Wildman–Crippen LogP) is 2.26. The normalized spacial score (nSPS) is 19.0. The van der Waals surface area contributed by atoms with Gasteiger partial charge in [0.05, 0.1) is 18.9 Å². The first kappa shape index (κ1) is 21.7. The summed E-state index contributed by atoms with van der Waals surface area (Å²) in [6.45, 7) is 8.80. The Kier molecular flexibility index (Phi) is 6.42. The second-order valence-corrected chi connectivity index (χ2v) is 9.02. The number of anilines is 3. The van der Waals surface area contributed by atoms with Crippen LogP contribution in [-0.4, -0.2) is 81.1 Å². The number of thiazole rings is 1. The van der Waals surface area contributed by atoms with Crippen molar-refractivity contribution in [1.82, 2.24) is 29.7 Å². The van der Waals surface area contributed by atoms with Gasteiger partial charge in [0.15, 0.2) is 5.13 Å². The summed E-state index contributed by atoms with van der Waals surface area (Å²) in [6, 6.07) is 5.87. The van der Waals surface area contributed by atoms with E-state index in [-0.39, 0.29) is 11.9 Å². The number of ether oxygens (including phenoxy) is 1. The van der Waals surface area contributed by atoms with Gasteiger partial charge in [0.2, 0.25) is 11.9 Å². The van der Waals surface area contributed by atoms with Gasteiger partial charge >= 0.3 is 0 Å². The van der Waals surface area contributed by atoms with Gasteiger partial charge in [0.1, 0.15) is 16.2 Å². The molecule has 2 aliphatic heterocycles. The molecule has 3 aromatic rings. The van der Waals surface area contributed by atoms with E-state index < -0.39 is 0 Å². The van der Waals surface area contributed by atoms with Crippen molar-refractivity contribution in [2.75, 3.05) is 50.0 Å². The first-order valence-electron chi connectivity index (χ1n) is 11.0. The first-order chi connectivity index (χ1) is 16.2. The number of nitrogens with one attached hydrogen (secondary N) is 2. The summed E-state index contributed by atoms with van der Waals surface area (Å²) in [5.41, 5.74) is 1.76. The van der Waals surface area contributed by atoms with Crippen LogP contribution in [0, 0.1) is 0 Å². The van der Waals surface area contributed by atoms with Crippen molar-refractivity contribution in [3.05, 3.63) is 42.7 Å². The summed E-state index contributed by atoms with van der Waals surface area (Å²) in [4.78, 5) is 35.3. The van der Waals surface area contributed by atoms with E-state index in [4.69, 9.17) is 14.7 Å². The summed E-state index contributed by atoms with van der Waals surface area (Å²) < 4.78 is 5.47. The standard InChI is InChI=1S/C22H26N8O2S/c1-2-19(31)30-7-5-15(14-30)24-21-25-16(13-29-8-10-32-11-9-29)12-18(27-21)28-22-26-17-4-3-6-23-20(17)33-22/h2-4,6,12,15H,1,5,7-11,13-14H2,(H2,24,25,26,27,28)/t15-/m0/s1. The maximum Gasteiger partial charge on any atom is 0.246 e. The van der Waals surface area contributed by atoms with Crippen LogP contribution >= 0.6 is 11.3 Å². The lowest BCUT2D eigenvalue weighted by molar-refractivity contribution is -0.125. The molecular formula is C22H26N8O2S. The molecule has 2 N–H and O–H groups in total. The van der Waals surface area contributed by atoms with Gasteiger partial charge in [-0.2, -0.15) is 4.98 Å². The van der Waals surface area contributed by atoms with E-state index in [1.165, 1.54) is 17.4 Å². The molecular weight excluding hydrogens is 440 g/mol. The zero-order chi connectivity index (χ0) is 22.6. The van der Waals surface area contributed by atoms with Crippen molar-refractivity contribution in [2.24, 2.45) is 0 Å². The minimum absolute atomic E-state index is 0.0481. The van der Waals surface area contributed by atoms with Gasteiger partial charge in [0.25, 0.3) is 0 Å². The van der Waals surface area contributed by atoms with Crippen LogP contribution in [0.25, 0.3) is 10.3 Å². The molecule has 5 rings (SSSR count). The molecule has 2 aliphatic rings. The molecule has 11 heteroatoms. The highest BCUT2D eigenvalue weighted by molar-refractivity contribution is 7.21. The number of carbonyl (C=O) groups is 1. The minimum atomic E-state index is -0.0481. The summed E-state index contributed by atoms with van der Waals surface area (Å²) in [5.74, 6) is 1.17. The number of hydrogen-bond donors (Lipinski definition) is 2. The molecule has 0 radical (unpaired) electrons. The van der Waals surface area contributed by atoms with Crippen LogP contribution in [-0.2, 0) is 16.1 Å². The molecule has 0 unspecified atom stereocenters. The number of rotatable bonds is 7. The number of pyridine rings is 1. The van der Waals surface area contributed by atoms with Gasteiger partial charge in [-0.3, -0.25) is 9.69 Å². The Labute approximate surface area is 195 Å². The number of nitrogens with zero attached hydrogens (tertiary/aromatic N) is 6. The third kappa shape index (κ3) is 5.27. The van der Waals surface area contributed by atoms with Crippen molar-refractivity contribution < 1.29 is 9.53 Å². The lowest BCUT2D eigenvalue weighted by Crippen LogP contribution is -2.36. The molecule has 0 aliphatic carbocycles. The lowest BCUT2D eigenvalue weighted by atomic mass is 10.2. The third-order valence-electron chi connectivity index (χ3n) is 5.68. The van der Waals surface area contributed by atoms with Crippen LogP contribution in [0.4, 0.5) is 16.9 Å². The second-order valence-electron chi connectivity index (χ2n) is 8.05. The van der Waals surface area contributed by atoms with Gasteiger partial charge in [-0.1, -0.05) is 17.9 Å². The number of hydrogen-bond acceptors (Lipinski definition) is 10. The molecule has 0 aromatic carbocycles. The number of morpholine rings is 1. The minimum Gasteiger partial charge on any atom is -0.379 e. The summed E-state index contributed by atoms with van der Waals surface area (Å²) >= 11 is 1.48. The van der Waals surface area contributed by atoms with E-state index in [1.807, 2.05) is 18.2 Å². The fraction of sp³-hybridized carbons (Fsp3) is 0.409. The Morgan fingerprint density at radius 3 is 2.97 bits per heavy atom. The molecule has 10 nitrogen and oxygen atoms in total. The molecule has 33 heavy (non-hydrogen) atoms. The van der Waals surface area contributed by atoms with E-state index in [2.05, 4.69) is 32.1 Å². The Balaban J connectivity index is 1.36. The highest BCUT2D eigenvalue weighted by Gasteiger charge is 2.25. The Hall–Kier alpha value is -3.15. The molecule has 0 bridgehead atoms. The SMILES string of the molecule is C=CC(=O)N1CC[C@H](Nc2nc(CN3CCOCC3)cc(Nc3nc4cccnc4s3)n2)C1. The van der Waals surface area contributed by atoms with Gasteiger partial charge in [-0.25, -0.2) is 15.0 Å². The van der Waals surface area contributed by atoms with Gasteiger partial charge in [-0.15, -0.1) is 0 Å². The fourth-order valence-corrected chi connectivity index (χ4v) is 4.83. The molecule has 0 spiro atoms. The highest BCUT2D eigenvalue weighted by atomic mass is 32.1. The highest BCUT2D eigenvalue weighted by Crippen LogP contribution is 2.27. The number of likely N-dealkylation sites (tertiary alicyclic amines) is 1. The maximum atomic E-state index is 11.9. The van der Waals surface area contributed by atoms with Crippen molar-refractivity contribution in [3.8, 4) is 0 Å². The molecule has 5 heterocycles. The van der Waals surface area contributed by atoms with E-state index in [0.29, 0.717) is 31.4 Å². The molecule has 3 aromatic heterocycles. The third-order valence-corrected chi connectivity index (χ3v) is 6.57. The Morgan fingerprint density at radius 1 is 1.27 bits per heavy atom. The van der Waals surface area contributed by atoms with E-state index in [9.17, 15) is 4.79 Å². The van der Waals surface area contributed by atoms with E-state index in [1.54, 1.807) is 11.1 Å². The summed E-state index contributed by atoms with van der Waals surface area (Å²) in [6.07, 6.45) is 3.96. The average Bonchev–Trinajstić information content (AvgIpc) is 3.45. The lowest BCUT2D eigenvalue weighted by Gasteiger charge is -2.26. The monoisotopic (exact) mass is 466 g/mol. The molecule has 2 saturated heterocycles. The smallest absolute Gasteiger partial charge is 0.246 e.